The van der Waals surface area contributed by atoms with Crippen molar-refractivity contribution in [2.24, 2.45) is 5.10 Å². The molecule has 4 rings (SSSR count). The Kier molecular flexibility index (Phi) is 9.51. The number of methoxy groups -OCH3 is 2. The number of carbonyl (C=O) groups is 2. The molecule has 0 aromatic heterocycles. The number of nitrogens with zero attached hydrogens (tertiary/aromatic N) is 4. The van der Waals surface area contributed by atoms with Gasteiger partial charge in [-0.05, 0) is 23.8 Å². The molecule has 0 bridgehead atoms. The summed E-state index contributed by atoms with van der Waals surface area (Å²) in [6.07, 6.45) is 0.502. The highest BCUT2D eigenvalue weighted by Crippen LogP contribution is 2.35. The first-order valence-electron chi connectivity index (χ1n) is 12.4. The van der Waals surface area contributed by atoms with Crippen LogP contribution in [0.1, 0.15) is 23.6 Å². The van der Waals surface area contributed by atoms with E-state index >= 15 is 0 Å². The van der Waals surface area contributed by atoms with E-state index in [2.05, 4.69) is 4.90 Å². The van der Waals surface area contributed by atoms with Gasteiger partial charge in [-0.15, -0.1) is 0 Å². The summed E-state index contributed by atoms with van der Waals surface area (Å²) < 4.78 is 15.8. The van der Waals surface area contributed by atoms with Crippen LogP contribution in [-0.2, 0) is 19.1 Å². The summed E-state index contributed by atoms with van der Waals surface area (Å²) in [5.41, 5.74) is 2.43. The van der Waals surface area contributed by atoms with Crippen molar-refractivity contribution in [2.75, 3.05) is 66.8 Å². The van der Waals surface area contributed by atoms with Crippen LogP contribution in [0, 0.1) is 0 Å². The quantitative estimate of drug-likeness (QED) is 0.471. The van der Waals surface area contributed by atoms with Gasteiger partial charge < -0.3 is 19.1 Å². The molecule has 0 spiro atoms. The topological polar surface area (TPSA) is 83.9 Å². The number of hydrogen-bond acceptors (Lipinski definition) is 7. The number of hydrazone groups is 1. The van der Waals surface area contributed by atoms with Gasteiger partial charge in [0.2, 0.25) is 5.91 Å². The van der Waals surface area contributed by atoms with Crippen LogP contribution >= 0.6 is 11.6 Å². The second-order valence-corrected chi connectivity index (χ2v) is 9.37. The fourth-order valence-electron chi connectivity index (χ4n) is 4.51. The first-order valence-corrected chi connectivity index (χ1v) is 12.7. The molecular formula is C27H33ClN4O5. The SMILES string of the molecule is COCC(=O)N(CCN1CCOCC1)CC(=O)N1N=C(c2ccccc2Cl)C[C@H]1c1ccc(OC)cc1. The van der Waals surface area contributed by atoms with Crippen molar-refractivity contribution in [1.82, 2.24) is 14.8 Å². The molecule has 1 saturated heterocycles. The fourth-order valence-corrected chi connectivity index (χ4v) is 4.76. The standard InChI is InChI=1S/C27H33ClN4O5/c1-35-19-27(34)31(12-11-30-13-15-37-16-14-30)18-26(33)32-25(20-7-9-21(36-2)10-8-20)17-24(29-32)22-5-3-4-6-23(22)28/h3-10,25H,11-19H2,1-2H3/t25-/m0/s1. The second-order valence-electron chi connectivity index (χ2n) is 8.96. The fraction of sp³-hybridized carbons (Fsp3) is 0.444. The average Bonchev–Trinajstić information content (AvgIpc) is 3.37. The zero-order valence-electron chi connectivity index (χ0n) is 21.3. The van der Waals surface area contributed by atoms with Crippen LogP contribution < -0.4 is 4.74 Å². The Labute approximate surface area is 222 Å². The molecule has 0 unspecified atom stereocenters. The monoisotopic (exact) mass is 528 g/mol. The van der Waals surface area contributed by atoms with Crippen LogP contribution in [0.4, 0.5) is 0 Å². The second kappa shape index (κ2) is 13.0. The third-order valence-corrected chi connectivity index (χ3v) is 6.92. The number of amides is 2. The van der Waals surface area contributed by atoms with E-state index in [1.807, 2.05) is 48.5 Å². The van der Waals surface area contributed by atoms with Crippen LogP contribution in [0.25, 0.3) is 0 Å². The largest absolute Gasteiger partial charge is 0.497 e. The highest BCUT2D eigenvalue weighted by atomic mass is 35.5. The van der Waals surface area contributed by atoms with E-state index in [9.17, 15) is 9.59 Å². The van der Waals surface area contributed by atoms with Gasteiger partial charge in [0.1, 0.15) is 18.9 Å². The number of halogens is 1. The number of carbonyl (C=O) groups excluding carboxylic acids is 2. The predicted octanol–water partition coefficient (Wildman–Crippen LogP) is 2.83. The van der Waals surface area contributed by atoms with Crippen LogP contribution in [0.5, 0.6) is 5.75 Å². The summed E-state index contributed by atoms with van der Waals surface area (Å²) >= 11 is 6.46. The molecule has 2 aromatic rings. The van der Waals surface area contributed by atoms with Gasteiger partial charge in [-0.1, -0.05) is 41.9 Å². The Morgan fingerprint density at radius 3 is 2.51 bits per heavy atom. The first-order chi connectivity index (χ1) is 18.0. The number of morpholine rings is 1. The van der Waals surface area contributed by atoms with Gasteiger partial charge in [-0.2, -0.15) is 5.10 Å². The van der Waals surface area contributed by atoms with Gasteiger partial charge in [0.15, 0.2) is 0 Å². The van der Waals surface area contributed by atoms with E-state index in [1.165, 1.54) is 12.1 Å². The van der Waals surface area contributed by atoms with E-state index in [0.29, 0.717) is 37.7 Å². The molecule has 9 nitrogen and oxygen atoms in total. The minimum atomic E-state index is -0.330. The van der Waals surface area contributed by atoms with Crippen molar-refractivity contribution in [3.05, 3.63) is 64.7 Å². The minimum absolute atomic E-state index is 0.0908. The van der Waals surface area contributed by atoms with Crippen LogP contribution in [0.3, 0.4) is 0 Å². The molecule has 198 valence electrons. The molecule has 10 heteroatoms. The Morgan fingerprint density at radius 1 is 1.11 bits per heavy atom. The van der Waals surface area contributed by atoms with E-state index in [-0.39, 0.29) is 31.0 Å². The van der Waals surface area contributed by atoms with Crippen molar-refractivity contribution >= 4 is 29.1 Å². The molecule has 0 aliphatic carbocycles. The van der Waals surface area contributed by atoms with Crippen molar-refractivity contribution in [3.8, 4) is 5.75 Å². The maximum Gasteiger partial charge on any atom is 0.262 e. The molecule has 2 aliphatic heterocycles. The summed E-state index contributed by atoms with van der Waals surface area (Å²) in [5.74, 6) is 0.222. The molecular weight excluding hydrogens is 496 g/mol. The van der Waals surface area contributed by atoms with E-state index in [1.54, 1.807) is 12.0 Å². The van der Waals surface area contributed by atoms with Crippen molar-refractivity contribution < 1.29 is 23.8 Å². The predicted molar refractivity (Wildman–Crippen MR) is 141 cm³/mol. The van der Waals surface area contributed by atoms with Crippen molar-refractivity contribution in [3.63, 3.8) is 0 Å². The summed E-state index contributed by atoms with van der Waals surface area (Å²) in [6.45, 7) is 3.82. The molecule has 2 heterocycles. The van der Waals surface area contributed by atoms with Gasteiger partial charge in [0, 0.05) is 50.3 Å². The number of rotatable bonds is 10. The zero-order chi connectivity index (χ0) is 26.2. The summed E-state index contributed by atoms with van der Waals surface area (Å²) in [6, 6.07) is 14.7. The van der Waals surface area contributed by atoms with Crippen LogP contribution in [0.15, 0.2) is 53.6 Å². The maximum absolute atomic E-state index is 13.7. The van der Waals surface area contributed by atoms with Gasteiger partial charge >= 0.3 is 0 Å². The zero-order valence-corrected chi connectivity index (χ0v) is 22.0. The summed E-state index contributed by atoms with van der Waals surface area (Å²) in [4.78, 5) is 30.3. The van der Waals surface area contributed by atoms with Crippen LogP contribution in [-0.4, -0.2) is 99.1 Å². The van der Waals surface area contributed by atoms with E-state index in [0.717, 1.165) is 35.7 Å². The molecule has 0 radical (unpaired) electrons. The van der Waals surface area contributed by atoms with Crippen LogP contribution in [0.2, 0.25) is 5.02 Å². The average molecular weight is 529 g/mol. The van der Waals surface area contributed by atoms with Gasteiger partial charge in [0.05, 0.1) is 32.1 Å². The normalized spacial score (nSPS) is 18.0. The van der Waals surface area contributed by atoms with Gasteiger partial charge in [0.25, 0.3) is 5.91 Å². The smallest absolute Gasteiger partial charge is 0.262 e. The highest BCUT2D eigenvalue weighted by Gasteiger charge is 2.35. The Bertz CT molecular complexity index is 1100. The minimum Gasteiger partial charge on any atom is -0.497 e. The lowest BCUT2D eigenvalue weighted by Crippen LogP contribution is -2.47. The lowest BCUT2D eigenvalue weighted by atomic mass is 9.98. The molecule has 37 heavy (non-hydrogen) atoms. The third-order valence-electron chi connectivity index (χ3n) is 6.59. The van der Waals surface area contributed by atoms with Crippen molar-refractivity contribution in [1.29, 1.82) is 0 Å². The van der Waals surface area contributed by atoms with Gasteiger partial charge in [-0.25, -0.2) is 5.01 Å². The molecule has 2 aromatic carbocycles. The molecule has 2 amide bonds. The Balaban J connectivity index is 1.56. The lowest BCUT2D eigenvalue weighted by Gasteiger charge is -2.31. The van der Waals surface area contributed by atoms with Gasteiger partial charge in [-0.3, -0.25) is 14.5 Å². The third kappa shape index (κ3) is 6.87. The molecule has 1 fully saturated rings. The highest BCUT2D eigenvalue weighted by molar-refractivity contribution is 6.34. The maximum atomic E-state index is 13.7. The molecule has 0 N–H and O–H groups in total. The van der Waals surface area contributed by atoms with E-state index < -0.39 is 0 Å². The Morgan fingerprint density at radius 2 is 1.84 bits per heavy atom. The van der Waals surface area contributed by atoms with E-state index in [4.69, 9.17) is 30.9 Å². The molecule has 0 saturated carbocycles. The number of benzene rings is 2. The lowest BCUT2D eigenvalue weighted by molar-refractivity contribution is -0.143. The first kappa shape index (κ1) is 27.1. The number of ether oxygens (including phenoxy) is 3. The number of hydrogen-bond donors (Lipinski definition) is 0. The summed E-state index contributed by atoms with van der Waals surface area (Å²) in [7, 11) is 3.09. The Hall–Kier alpha value is -2.98. The summed E-state index contributed by atoms with van der Waals surface area (Å²) in [5, 5.41) is 6.78. The molecule has 1 atom stereocenters. The van der Waals surface area contributed by atoms with Crippen molar-refractivity contribution in [2.45, 2.75) is 12.5 Å². The molecule has 2 aliphatic rings.